The topological polar surface area (TPSA) is 80.7 Å². The molecule has 1 aromatic heterocycles. The normalized spacial score (nSPS) is 9.90. The SMILES string of the molecule is COc1ccc(Nc2ccc(C(=O)O)cn2)cc1OC. The standard InChI is InChI=1S/C14H14N2O4/c1-19-11-5-4-10(7-12(11)20-2)16-13-6-3-9(8-15-13)14(17)18/h3-8H,1-2H3,(H,15,16)(H,17,18). The molecule has 0 saturated carbocycles. The van der Waals surface area contributed by atoms with Crippen LogP contribution in [0.3, 0.4) is 0 Å². The van der Waals surface area contributed by atoms with E-state index in [-0.39, 0.29) is 5.56 Å². The highest BCUT2D eigenvalue weighted by atomic mass is 16.5. The number of methoxy groups -OCH3 is 2. The quantitative estimate of drug-likeness (QED) is 0.872. The third kappa shape index (κ3) is 2.97. The predicted octanol–water partition coefficient (Wildman–Crippen LogP) is 2.54. The number of ether oxygens (including phenoxy) is 2. The van der Waals surface area contributed by atoms with Gasteiger partial charge in [-0.2, -0.15) is 0 Å². The van der Waals surface area contributed by atoms with Crippen molar-refractivity contribution in [2.24, 2.45) is 0 Å². The van der Waals surface area contributed by atoms with Crippen molar-refractivity contribution < 1.29 is 19.4 Å². The lowest BCUT2D eigenvalue weighted by Crippen LogP contribution is -1.99. The molecule has 0 atom stereocenters. The molecule has 0 fully saturated rings. The minimum Gasteiger partial charge on any atom is -0.493 e. The largest absolute Gasteiger partial charge is 0.493 e. The van der Waals surface area contributed by atoms with Crippen LogP contribution in [0.2, 0.25) is 0 Å². The Morgan fingerprint density at radius 2 is 1.90 bits per heavy atom. The summed E-state index contributed by atoms with van der Waals surface area (Å²) in [5.41, 5.74) is 0.904. The number of nitrogens with zero attached hydrogens (tertiary/aromatic N) is 1. The van der Waals surface area contributed by atoms with E-state index in [0.29, 0.717) is 17.3 Å². The number of carboxylic acid groups (broad SMARTS) is 1. The van der Waals surface area contributed by atoms with Gasteiger partial charge in [0.25, 0.3) is 0 Å². The number of benzene rings is 1. The molecule has 0 spiro atoms. The van der Waals surface area contributed by atoms with Gasteiger partial charge in [0.15, 0.2) is 11.5 Å². The Bertz CT molecular complexity index is 611. The van der Waals surface area contributed by atoms with Crippen LogP contribution in [0.25, 0.3) is 0 Å². The van der Waals surface area contributed by atoms with E-state index in [2.05, 4.69) is 10.3 Å². The molecule has 0 aliphatic rings. The van der Waals surface area contributed by atoms with Gasteiger partial charge in [-0.05, 0) is 24.3 Å². The van der Waals surface area contributed by atoms with Crippen molar-refractivity contribution in [1.29, 1.82) is 0 Å². The smallest absolute Gasteiger partial charge is 0.337 e. The van der Waals surface area contributed by atoms with Crippen LogP contribution in [0.5, 0.6) is 11.5 Å². The Hall–Kier alpha value is -2.76. The van der Waals surface area contributed by atoms with Crippen molar-refractivity contribution >= 4 is 17.5 Å². The summed E-state index contributed by atoms with van der Waals surface area (Å²) in [5, 5.41) is 11.9. The molecular weight excluding hydrogens is 260 g/mol. The minimum atomic E-state index is -1.00. The second-order valence-corrected chi connectivity index (χ2v) is 3.93. The number of rotatable bonds is 5. The van der Waals surface area contributed by atoms with E-state index in [0.717, 1.165) is 5.69 Å². The maximum atomic E-state index is 10.7. The van der Waals surface area contributed by atoms with Gasteiger partial charge in [0, 0.05) is 18.0 Å². The molecule has 2 N–H and O–H groups in total. The van der Waals surface area contributed by atoms with Crippen molar-refractivity contribution in [3.8, 4) is 11.5 Å². The van der Waals surface area contributed by atoms with Crippen LogP contribution in [-0.2, 0) is 0 Å². The van der Waals surface area contributed by atoms with Crippen molar-refractivity contribution in [3.05, 3.63) is 42.1 Å². The number of carbonyl (C=O) groups is 1. The summed E-state index contributed by atoms with van der Waals surface area (Å²) < 4.78 is 10.4. The zero-order valence-corrected chi connectivity index (χ0v) is 11.1. The summed E-state index contributed by atoms with van der Waals surface area (Å²) >= 11 is 0. The van der Waals surface area contributed by atoms with Crippen LogP contribution in [0.15, 0.2) is 36.5 Å². The molecule has 0 aliphatic heterocycles. The van der Waals surface area contributed by atoms with Gasteiger partial charge in [-0.1, -0.05) is 0 Å². The van der Waals surface area contributed by atoms with E-state index in [9.17, 15) is 4.79 Å². The average molecular weight is 274 g/mol. The summed E-state index contributed by atoms with van der Waals surface area (Å²) in [7, 11) is 3.12. The molecule has 1 aromatic carbocycles. The van der Waals surface area contributed by atoms with Crippen LogP contribution in [0, 0.1) is 0 Å². The van der Waals surface area contributed by atoms with Crippen LogP contribution in [0.4, 0.5) is 11.5 Å². The van der Waals surface area contributed by atoms with Crippen LogP contribution < -0.4 is 14.8 Å². The lowest BCUT2D eigenvalue weighted by Gasteiger charge is -2.10. The molecule has 0 saturated heterocycles. The Balaban J connectivity index is 2.19. The second kappa shape index (κ2) is 5.92. The van der Waals surface area contributed by atoms with E-state index >= 15 is 0 Å². The predicted molar refractivity (Wildman–Crippen MR) is 74.0 cm³/mol. The van der Waals surface area contributed by atoms with E-state index in [1.807, 2.05) is 6.07 Å². The average Bonchev–Trinajstić information content (AvgIpc) is 2.47. The number of aromatic carboxylic acids is 1. The molecule has 2 rings (SSSR count). The van der Waals surface area contributed by atoms with Crippen molar-refractivity contribution in [1.82, 2.24) is 4.98 Å². The van der Waals surface area contributed by atoms with Crippen molar-refractivity contribution in [2.45, 2.75) is 0 Å². The van der Waals surface area contributed by atoms with Crippen molar-refractivity contribution in [2.75, 3.05) is 19.5 Å². The maximum Gasteiger partial charge on any atom is 0.337 e. The van der Waals surface area contributed by atoms with Crippen LogP contribution >= 0.6 is 0 Å². The van der Waals surface area contributed by atoms with Gasteiger partial charge in [-0.3, -0.25) is 0 Å². The summed E-state index contributed by atoms with van der Waals surface area (Å²) in [4.78, 5) is 14.8. The lowest BCUT2D eigenvalue weighted by molar-refractivity contribution is 0.0696. The van der Waals surface area contributed by atoms with E-state index in [1.165, 1.54) is 12.3 Å². The third-order valence-corrected chi connectivity index (χ3v) is 2.67. The fraction of sp³-hybridized carbons (Fsp3) is 0.143. The molecule has 6 nitrogen and oxygen atoms in total. The lowest BCUT2D eigenvalue weighted by atomic mass is 10.2. The van der Waals surface area contributed by atoms with Gasteiger partial charge in [0.1, 0.15) is 5.82 Å². The van der Waals surface area contributed by atoms with Crippen LogP contribution in [-0.4, -0.2) is 30.3 Å². The Morgan fingerprint density at radius 3 is 2.45 bits per heavy atom. The number of anilines is 2. The zero-order chi connectivity index (χ0) is 14.5. The zero-order valence-electron chi connectivity index (χ0n) is 11.1. The molecule has 0 amide bonds. The first kappa shape index (κ1) is 13.7. The number of aromatic nitrogens is 1. The van der Waals surface area contributed by atoms with Gasteiger partial charge in [0.2, 0.25) is 0 Å². The number of pyridine rings is 1. The molecule has 0 aliphatic carbocycles. The maximum absolute atomic E-state index is 10.7. The molecule has 1 heterocycles. The summed E-state index contributed by atoms with van der Waals surface area (Å²) in [6.07, 6.45) is 1.30. The Labute approximate surface area is 116 Å². The number of hydrogen-bond donors (Lipinski definition) is 2. The van der Waals surface area contributed by atoms with Gasteiger partial charge in [0.05, 0.1) is 19.8 Å². The molecule has 20 heavy (non-hydrogen) atoms. The molecular formula is C14H14N2O4. The van der Waals surface area contributed by atoms with Gasteiger partial charge in [-0.25, -0.2) is 9.78 Å². The highest BCUT2D eigenvalue weighted by Gasteiger charge is 2.06. The highest BCUT2D eigenvalue weighted by molar-refractivity contribution is 5.87. The Kier molecular flexibility index (Phi) is 4.05. The first-order valence-corrected chi connectivity index (χ1v) is 5.82. The fourth-order valence-corrected chi connectivity index (χ4v) is 1.66. The van der Waals surface area contributed by atoms with Gasteiger partial charge in [-0.15, -0.1) is 0 Å². The number of nitrogens with one attached hydrogen (secondary N) is 1. The molecule has 0 bridgehead atoms. The summed E-state index contributed by atoms with van der Waals surface area (Å²) in [6.45, 7) is 0. The van der Waals surface area contributed by atoms with Crippen LogP contribution in [0.1, 0.15) is 10.4 Å². The first-order valence-electron chi connectivity index (χ1n) is 5.82. The molecule has 2 aromatic rings. The second-order valence-electron chi connectivity index (χ2n) is 3.93. The van der Waals surface area contributed by atoms with E-state index in [4.69, 9.17) is 14.6 Å². The van der Waals surface area contributed by atoms with E-state index < -0.39 is 5.97 Å². The third-order valence-electron chi connectivity index (χ3n) is 2.67. The minimum absolute atomic E-state index is 0.142. The molecule has 6 heteroatoms. The monoisotopic (exact) mass is 274 g/mol. The first-order chi connectivity index (χ1) is 9.63. The Morgan fingerprint density at radius 1 is 1.15 bits per heavy atom. The molecule has 0 radical (unpaired) electrons. The summed E-state index contributed by atoms with van der Waals surface area (Å²) in [6, 6.07) is 8.44. The van der Waals surface area contributed by atoms with Gasteiger partial charge >= 0.3 is 5.97 Å². The molecule has 104 valence electrons. The number of carboxylic acids is 1. The van der Waals surface area contributed by atoms with Gasteiger partial charge < -0.3 is 19.9 Å². The fourth-order valence-electron chi connectivity index (χ4n) is 1.66. The van der Waals surface area contributed by atoms with Crippen molar-refractivity contribution in [3.63, 3.8) is 0 Å². The highest BCUT2D eigenvalue weighted by Crippen LogP contribution is 2.30. The molecule has 0 unspecified atom stereocenters. The number of hydrogen-bond acceptors (Lipinski definition) is 5. The summed E-state index contributed by atoms with van der Waals surface area (Å²) in [5.74, 6) is 0.768. The van der Waals surface area contributed by atoms with E-state index in [1.54, 1.807) is 32.4 Å².